The van der Waals surface area contributed by atoms with Crippen molar-refractivity contribution in [2.24, 2.45) is 12.0 Å². The highest BCUT2D eigenvalue weighted by Crippen LogP contribution is 2.18. The molecule has 0 fully saturated rings. The van der Waals surface area contributed by atoms with Crippen LogP contribution in [0.2, 0.25) is 0 Å². The van der Waals surface area contributed by atoms with Crippen molar-refractivity contribution in [1.29, 1.82) is 0 Å². The Kier molecular flexibility index (Phi) is 7.68. The van der Waals surface area contributed by atoms with E-state index in [-0.39, 0.29) is 6.54 Å². The SMILES string of the molecule is CCNC(=NCCNS(C)(=O)=O)N(C)Cc1cn(C)nc1C(C)C. The number of hydrogen-bond donors (Lipinski definition) is 2. The van der Waals surface area contributed by atoms with E-state index in [1.54, 1.807) is 0 Å². The monoisotopic (exact) mass is 358 g/mol. The van der Waals surface area contributed by atoms with E-state index < -0.39 is 10.0 Å². The fourth-order valence-electron chi connectivity index (χ4n) is 2.36. The predicted molar refractivity (Wildman–Crippen MR) is 97.6 cm³/mol. The van der Waals surface area contributed by atoms with Crippen LogP contribution in [0.3, 0.4) is 0 Å². The van der Waals surface area contributed by atoms with Crippen LogP contribution in [0, 0.1) is 0 Å². The van der Waals surface area contributed by atoms with Gasteiger partial charge in [-0.3, -0.25) is 9.67 Å². The number of guanidine groups is 1. The number of nitrogens with one attached hydrogen (secondary N) is 2. The minimum atomic E-state index is -3.18. The maximum Gasteiger partial charge on any atom is 0.208 e. The maximum atomic E-state index is 11.1. The molecule has 1 aromatic heterocycles. The first-order valence-electron chi connectivity index (χ1n) is 8.10. The first-order valence-corrected chi connectivity index (χ1v) is 9.99. The molecule has 0 radical (unpaired) electrons. The molecule has 0 aliphatic carbocycles. The minimum Gasteiger partial charge on any atom is -0.357 e. The largest absolute Gasteiger partial charge is 0.357 e. The van der Waals surface area contributed by atoms with Gasteiger partial charge in [-0.15, -0.1) is 0 Å². The third kappa shape index (κ3) is 6.88. The summed E-state index contributed by atoms with van der Waals surface area (Å²) in [4.78, 5) is 6.49. The summed E-state index contributed by atoms with van der Waals surface area (Å²) in [7, 11) is 0.703. The van der Waals surface area contributed by atoms with E-state index in [0.29, 0.717) is 19.0 Å². The minimum absolute atomic E-state index is 0.283. The molecule has 138 valence electrons. The van der Waals surface area contributed by atoms with Crippen molar-refractivity contribution in [3.05, 3.63) is 17.5 Å². The molecule has 0 bridgehead atoms. The lowest BCUT2D eigenvalue weighted by Crippen LogP contribution is -2.39. The van der Waals surface area contributed by atoms with Crippen molar-refractivity contribution in [3.63, 3.8) is 0 Å². The van der Waals surface area contributed by atoms with E-state index in [9.17, 15) is 8.42 Å². The molecule has 0 amide bonds. The molecule has 1 heterocycles. The first kappa shape index (κ1) is 20.4. The van der Waals surface area contributed by atoms with Crippen molar-refractivity contribution in [3.8, 4) is 0 Å². The highest BCUT2D eigenvalue weighted by Gasteiger charge is 2.15. The zero-order valence-corrected chi connectivity index (χ0v) is 16.3. The van der Waals surface area contributed by atoms with Crippen molar-refractivity contribution in [1.82, 2.24) is 24.7 Å². The Bertz CT molecular complexity index is 651. The van der Waals surface area contributed by atoms with Crippen LogP contribution in [0.1, 0.15) is 37.9 Å². The zero-order valence-electron chi connectivity index (χ0n) is 15.5. The summed E-state index contributed by atoms with van der Waals surface area (Å²) in [5, 5.41) is 7.75. The molecule has 1 rings (SSSR count). The van der Waals surface area contributed by atoms with E-state index >= 15 is 0 Å². The molecule has 0 aliphatic rings. The highest BCUT2D eigenvalue weighted by molar-refractivity contribution is 7.88. The molecule has 0 spiro atoms. The third-order valence-electron chi connectivity index (χ3n) is 3.33. The lowest BCUT2D eigenvalue weighted by molar-refractivity contribution is 0.473. The van der Waals surface area contributed by atoms with Crippen LogP contribution in [-0.4, -0.2) is 62.0 Å². The molecular formula is C15H30N6O2S. The normalized spacial score (nSPS) is 12.7. The number of rotatable bonds is 8. The Morgan fingerprint density at radius 3 is 2.67 bits per heavy atom. The molecule has 0 unspecified atom stereocenters. The van der Waals surface area contributed by atoms with E-state index in [4.69, 9.17) is 0 Å². The molecule has 0 atom stereocenters. The number of hydrogen-bond acceptors (Lipinski definition) is 4. The molecule has 24 heavy (non-hydrogen) atoms. The average molecular weight is 359 g/mol. The first-order chi connectivity index (χ1) is 11.1. The average Bonchev–Trinajstić information content (AvgIpc) is 2.82. The zero-order chi connectivity index (χ0) is 18.3. The molecular weight excluding hydrogens is 328 g/mol. The maximum absolute atomic E-state index is 11.1. The van der Waals surface area contributed by atoms with Crippen molar-refractivity contribution >= 4 is 16.0 Å². The van der Waals surface area contributed by atoms with Crippen molar-refractivity contribution in [2.45, 2.75) is 33.2 Å². The van der Waals surface area contributed by atoms with Crippen LogP contribution in [0.25, 0.3) is 0 Å². The van der Waals surface area contributed by atoms with Gasteiger partial charge in [-0.25, -0.2) is 13.1 Å². The second-order valence-electron chi connectivity index (χ2n) is 6.13. The van der Waals surface area contributed by atoms with Crippen LogP contribution in [-0.2, 0) is 23.6 Å². The van der Waals surface area contributed by atoms with E-state index in [0.717, 1.165) is 30.0 Å². The molecule has 0 saturated heterocycles. The van der Waals surface area contributed by atoms with Gasteiger partial charge < -0.3 is 10.2 Å². The summed E-state index contributed by atoms with van der Waals surface area (Å²) in [5.74, 6) is 1.10. The summed E-state index contributed by atoms with van der Waals surface area (Å²) < 4.78 is 26.4. The number of aliphatic imine (C=N–C) groups is 1. The fourth-order valence-corrected chi connectivity index (χ4v) is 2.82. The summed E-state index contributed by atoms with van der Waals surface area (Å²) in [6.07, 6.45) is 3.17. The van der Waals surface area contributed by atoms with Gasteiger partial charge in [0.15, 0.2) is 5.96 Å². The standard InChI is InChI=1S/C15H30N6O2S/c1-7-16-15(17-8-9-18-24(6,22)23)20(4)10-13-11-21(5)19-14(13)12(2)3/h11-12,18H,7-10H2,1-6H3,(H,16,17). The molecule has 0 aromatic carbocycles. The number of nitrogens with zero attached hydrogens (tertiary/aromatic N) is 4. The van der Waals surface area contributed by atoms with Gasteiger partial charge in [0, 0.05) is 45.5 Å². The second-order valence-corrected chi connectivity index (χ2v) is 7.96. The summed E-state index contributed by atoms with van der Waals surface area (Å²) in [6.45, 7) is 8.35. The number of sulfonamides is 1. The quantitative estimate of drug-likeness (QED) is 0.401. The second kappa shape index (κ2) is 9.03. The molecule has 8 nitrogen and oxygen atoms in total. The van der Waals surface area contributed by atoms with Crippen molar-refractivity contribution in [2.75, 3.05) is 32.9 Å². The molecule has 0 aliphatic heterocycles. The molecule has 2 N–H and O–H groups in total. The van der Waals surface area contributed by atoms with E-state index in [1.807, 2.05) is 36.8 Å². The molecule has 0 saturated carbocycles. The van der Waals surface area contributed by atoms with Crippen LogP contribution >= 0.6 is 0 Å². The highest BCUT2D eigenvalue weighted by atomic mass is 32.2. The Balaban J connectivity index is 2.77. The predicted octanol–water partition coefficient (Wildman–Crippen LogP) is 0.490. The number of aryl methyl sites for hydroxylation is 1. The van der Waals surface area contributed by atoms with Crippen LogP contribution in [0.4, 0.5) is 0 Å². The smallest absolute Gasteiger partial charge is 0.208 e. The lowest BCUT2D eigenvalue weighted by atomic mass is 10.1. The van der Waals surface area contributed by atoms with Gasteiger partial charge in [0.2, 0.25) is 10.0 Å². The van der Waals surface area contributed by atoms with E-state index in [1.165, 1.54) is 0 Å². The van der Waals surface area contributed by atoms with Gasteiger partial charge in [-0.05, 0) is 12.8 Å². The number of aromatic nitrogens is 2. The Labute approximate surface area is 145 Å². The van der Waals surface area contributed by atoms with Gasteiger partial charge in [-0.1, -0.05) is 13.8 Å². The summed E-state index contributed by atoms with van der Waals surface area (Å²) >= 11 is 0. The van der Waals surface area contributed by atoms with Crippen LogP contribution in [0.5, 0.6) is 0 Å². The van der Waals surface area contributed by atoms with Crippen molar-refractivity contribution < 1.29 is 8.42 Å². The topological polar surface area (TPSA) is 91.6 Å². The fraction of sp³-hybridized carbons (Fsp3) is 0.733. The van der Waals surface area contributed by atoms with Gasteiger partial charge >= 0.3 is 0 Å². The van der Waals surface area contributed by atoms with E-state index in [2.05, 4.69) is 34.0 Å². The Morgan fingerprint density at radius 1 is 1.46 bits per heavy atom. The summed E-state index contributed by atoms with van der Waals surface area (Å²) in [6, 6.07) is 0. The van der Waals surface area contributed by atoms with Crippen LogP contribution in [0.15, 0.2) is 11.2 Å². The van der Waals surface area contributed by atoms with Crippen LogP contribution < -0.4 is 10.0 Å². The van der Waals surface area contributed by atoms with Gasteiger partial charge in [0.25, 0.3) is 0 Å². The molecule has 1 aromatic rings. The molecule has 9 heteroatoms. The Morgan fingerprint density at radius 2 is 2.12 bits per heavy atom. The summed E-state index contributed by atoms with van der Waals surface area (Å²) in [5.41, 5.74) is 2.24. The van der Waals surface area contributed by atoms with Gasteiger partial charge in [0.1, 0.15) is 0 Å². The lowest BCUT2D eigenvalue weighted by Gasteiger charge is -2.22. The third-order valence-corrected chi connectivity index (χ3v) is 4.05. The Hall–Kier alpha value is -1.61. The van der Waals surface area contributed by atoms with Gasteiger partial charge in [-0.2, -0.15) is 5.10 Å². The van der Waals surface area contributed by atoms with Gasteiger partial charge in [0.05, 0.1) is 18.5 Å².